The third-order valence-electron chi connectivity index (χ3n) is 6.01. The Morgan fingerprint density at radius 2 is 1.67 bits per heavy atom. The number of alkyl halides is 3. The van der Waals surface area contributed by atoms with Gasteiger partial charge in [0.1, 0.15) is 5.60 Å². The zero-order chi connectivity index (χ0) is 29.2. The van der Waals surface area contributed by atoms with Crippen LogP contribution in [0.3, 0.4) is 0 Å². The number of anilines is 1. The van der Waals surface area contributed by atoms with Crippen LogP contribution in [0.15, 0.2) is 41.3 Å². The zero-order valence-electron chi connectivity index (χ0n) is 22.1. The molecule has 0 radical (unpaired) electrons. The highest BCUT2D eigenvalue weighted by Crippen LogP contribution is 2.38. The fourth-order valence-corrected chi connectivity index (χ4v) is 5.37. The standard InChI is InChI=1S/C26H31ClF3N3O5S/c1-5-39(36,37)22-9-7-19(27)14-18(22)16-31-23(34)17-6-8-21(20(15-17)26(28,29)30)32-10-12-33(13-11-32)24(35)38-25(2,3)4/h6-9,14-15H,5,10-13,16H2,1-4H3,(H,31,34). The number of hydrogen-bond donors (Lipinski definition) is 1. The number of ether oxygens (including phenoxy) is 1. The average Bonchev–Trinajstić information content (AvgIpc) is 2.85. The molecule has 1 fully saturated rings. The molecule has 0 atom stereocenters. The highest BCUT2D eigenvalue weighted by Gasteiger charge is 2.37. The summed E-state index contributed by atoms with van der Waals surface area (Å²) in [5.74, 6) is -0.973. The third-order valence-corrected chi connectivity index (χ3v) is 8.08. The van der Waals surface area contributed by atoms with Crippen LogP contribution >= 0.6 is 11.6 Å². The second-order valence-electron chi connectivity index (χ2n) is 10.0. The summed E-state index contributed by atoms with van der Waals surface area (Å²) in [6, 6.07) is 7.42. The van der Waals surface area contributed by atoms with Gasteiger partial charge in [0.2, 0.25) is 0 Å². The fourth-order valence-electron chi connectivity index (χ4n) is 4.06. The van der Waals surface area contributed by atoms with E-state index >= 15 is 0 Å². The van der Waals surface area contributed by atoms with Gasteiger partial charge in [-0.3, -0.25) is 4.79 Å². The van der Waals surface area contributed by atoms with Crippen LogP contribution in [-0.2, 0) is 27.3 Å². The van der Waals surface area contributed by atoms with Gasteiger partial charge in [-0.15, -0.1) is 0 Å². The summed E-state index contributed by atoms with van der Waals surface area (Å²) in [6.07, 6.45) is -5.27. The minimum Gasteiger partial charge on any atom is -0.444 e. The number of rotatable bonds is 6. The average molecular weight is 590 g/mol. The number of hydrogen-bond acceptors (Lipinski definition) is 6. The number of carbonyl (C=O) groups is 2. The van der Waals surface area contributed by atoms with Crippen molar-refractivity contribution in [2.45, 2.75) is 50.9 Å². The van der Waals surface area contributed by atoms with Crippen molar-refractivity contribution in [3.63, 3.8) is 0 Å². The van der Waals surface area contributed by atoms with Crippen LogP contribution in [0.4, 0.5) is 23.7 Å². The molecular formula is C26H31ClF3N3O5S. The molecule has 1 N–H and O–H groups in total. The molecule has 0 unspecified atom stereocenters. The number of amides is 2. The Morgan fingerprint density at radius 3 is 2.23 bits per heavy atom. The summed E-state index contributed by atoms with van der Waals surface area (Å²) < 4.78 is 72.2. The molecule has 0 aliphatic carbocycles. The van der Waals surface area contributed by atoms with Gasteiger partial charge in [-0.05, 0) is 62.7 Å². The molecule has 2 aromatic carbocycles. The number of nitrogens with zero attached hydrogens (tertiary/aromatic N) is 2. The van der Waals surface area contributed by atoms with E-state index in [0.717, 1.165) is 6.07 Å². The smallest absolute Gasteiger partial charge is 0.418 e. The van der Waals surface area contributed by atoms with E-state index in [-0.39, 0.29) is 65.2 Å². The highest BCUT2D eigenvalue weighted by molar-refractivity contribution is 7.91. The quantitative estimate of drug-likeness (QED) is 0.501. The number of sulfone groups is 1. The van der Waals surface area contributed by atoms with Crippen LogP contribution < -0.4 is 10.2 Å². The molecule has 0 spiro atoms. The number of benzene rings is 2. The Kier molecular flexibility index (Phi) is 9.11. The molecule has 39 heavy (non-hydrogen) atoms. The van der Waals surface area contributed by atoms with Crippen molar-refractivity contribution >= 4 is 39.1 Å². The zero-order valence-corrected chi connectivity index (χ0v) is 23.6. The Balaban J connectivity index is 1.78. The van der Waals surface area contributed by atoms with Gasteiger partial charge in [-0.1, -0.05) is 18.5 Å². The molecule has 8 nitrogen and oxygen atoms in total. The molecular weight excluding hydrogens is 559 g/mol. The van der Waals surface area contributed by atoms with E-state index in [0.29, 0.717) is 0 Å². The van der Waals surface area contributed by atoms with Crippen molar-refractivity contribution in [3.8, 4) is 0 Å². The molecule has 1 aliphatic rings. The monoisotopic (exact) mass is 589 g/mol. The molecule has 1 saturated heterocycles. The number of nitrogens with one attached hydrogen (secondary N) is 1. The fraction of sp³-hybridized carbons (Fsp3) is 0.462. The van der Waals surface area contributed by atoms with Crippen LogP contribution in [0, 0.1) is 0 Å². The third kappa shape index (κ3) is 7.78. The van der Waals surface area contributed by atoms with Crippen molar-refractivity contribution < 1.29 is 35.9 Å². The molecule has 214 valence electrons. The Bertz CT molecular complexity index is 1340. The van der Waals surface area contributed by atoms with Gasteiger partial charge in [0.25, 0.3) is 5.91 Å². The number of carbonyl (C=O) groups excluding carboxylic acids is 2. The predicted octanol–water partition coefficient (Wildman–Crippen LogP) is 5.14. The predicted molar refractivity (Wildman–Crippen MR) is 142 cm³/mol. The van der Waals surface area contributed by atoms with E-state index in [2.05, 4.69) is 5.32 Å². The lowest BCUT2D eigenvalue weighted by molar-refractivity contribution is -0.137. The maximum absolute atomic E-state index is 14.0. The number of piperazine rings is 1. The lowest BCUT2D eigenvalue weighted by atomic mass is 10.1. The van der Waals surface area contributed by atoms with E-state index < -0.39 is 39.2 Å². The summed E-state index contributed by atoms with van der Waals surface area (Å²) in [6.45, 7) is 7.08. The molecule has 1 aliphatic heterocycles. The van der Waals surface area contributed by atoms with Gasteiger partial charge in [0.15, 0.2) is 9.84 Å². The first-order valence-corrected chi connectivity index (χ1v) is 14.3. The maximum atomic E-state index is 14.0. The molecule has 3 rings (SSSR count). The maximum Gasteiger partial charge on any atom is 0.418 e. The van der Waals surface area contributed by atoms with Gasteiger partial charge in [0.05, 0.1) is 16.2 Å². The Labute approximate surface area is 231 Å². The first-order valence-electron chi connectivity index (χ1n) is 12.3. The van der Waals surface area contributed by atoms with Crippen molar-refractivity contribution in [2.75, 3.05) is 36.8 Å². The summed E-state index contributed by atoms with van der Waals surface area (Å²) in [5, 5.41) is 2.75. The SMILES string of the molecule is CCS(=O)(=O)c1ccc(Cl)cc1CNC(=O)c1ccc(N2CCN(C(=O)OC(C)(C)C)CC2)c(C(F)(F)F)c1. The van der Waals surface area contributed by atoms with Gasteiger partial charge in [-0.25, -0.2) is 13.2 Å². The minimum absolute atomic E-state index is 0.00782. The molecule has 0 bridgehead atoms. The lowest BCUT2D eigenvalue weighted by Gasteiger charge is -2.37. The molecule has 0 aromatic heterocycles. The summed E-state index contributed by atoms with van der Waals surface area (Å²) >= 11 is 5.99. The van der Waals surface area contributed by atoms with Crippen molar-refractivity contribution in [1.82, 2.24) is 10.2 Å². The molecule has 0 saturated carbocycles. The second-order valence-corrected chi connectivity index (χ2v) is 12.7. The van der Waals surface area contributed by atoms with Gasteiger partial charge in [0, 0.05) is 49.0 Å². The molecule has 2 amide bonds. The second kappa shape index (κ2) is 11.6. The van der Waals surface area contributed by atoms with Crippen molar-refractivity contribution in [1.29, 1.82) is 0 Å². The van der Waals surface area contributed by atoms with Crippen molar-refractivity contribution in [2.24, 2.45) is 0 Å². The molecule has 2 aromatic rings. The van der Waals surface area contributed by atoms with E-state index in [1.165, 1.54) is 47.1 Å². The van der Waals surface area contributed by atoms with E-state index in [1.807, 2.05) is 0 Å². The molecule has 1 heterocycles. The van der Waals surface area contributed by atoms with Crippen LogP contribution in [0.25, 0.3) is 0 Å². The van der Waals surface area contributed by atoms with E-state index in [1.54, 1.807) is 20.8 Å². The van der Waals surface area contributed by atoms with Gasteiger partial charge in [-0.2, -0.15) is 13.2 Å². The van der Waals surface area contributed by atoms with Crippen LogP contribution in [0.2, 0.25) is 5.02 Å². The Morgan fingerprint density at radius 1 is 1.03 bits per heavy atom. The van der Waals surface area contributed by atoms with E-state index in [4.69, 9.17) is 16.3 Å². The largest absolute Gasteiger partial charge is 0.444 e. The van der Waals surface area contributed by atoms with Gasteiger partial charge < -0.3 is 19.9 Å². The van der Waals surface area contributed by atoms with Crippen LogP contribution in [0.1, 0.15) is 49.2 Å². The molecule has 13 heteroatoms. The summed E-state index contributed by atoms with van der Waals surface area (Å²) in [4.78, 5) is 28.0. The number of halogens is 4. The first kappa shape index (κ1) is 30.6. The minimum atomic E-state index is -4.75. The van der Waals surface area contributed by atoms with Crippen LogP contribution in [-0.4, -0.2) is 62.9 Å². The van der Waals surface area contributed by atoms with E-state index in [9.17, 15) is 31.2 Å². The summed E-state index contributed by atoms with van der Waals surface area (Å²) in [7, 11) is -3.62. The van der Waals surface area contributed by atoms with Crippen molar-refractivity contribution in [3.05, 3.63) is 58.1 Å². The normalized spacial score (nSPS) is 14.8. The summed E-state index contributed by atoms with van der Waals surface area (Å²) in [5.41, 5.74) is -1.78. The first-order chi connectivity index (χ1) is 18.0. The lowest BCUT2D eigenvalue weighted by Crippen LogP contribution is -2.50. The van der Waals surface area contributed by atoms with Gasteiger partial charge >= 0.3 is 12.3 Å². The highest BCUT2D eigenvalue weighted by atomic mass is 35.5. The topological polar surface area (TPSA) is 96.0 Å². The van der Waals surface area contributed by atoms with Crippen LogP contribution in [0.5, 0.6) is 0 Å². The Hall–Kier alpha value is -2.99.